The number of nitrogens with zero attached hydrogens (tertiary/aromatic N) is 4. The van der Waals surface area contributed by atoms with Gasteiger partial charge in [-0.15, -0.1) is 0 Å². The molecule has 0 amide bonds. The monoisotopic (exact) mass is 922 g/mol. The van der Waals surface area contributed by atoms with Gasteiger partial charge in [0.05, 0.1) is 12.2 Å². The van der Waals surface area contributed by atoms with Gasteiger partial charge in [0.1, 0.15) is 0 Å². The fourth-order valence-corrected chi connectivity index (χ4v) is 6.52. The van der Waals surface area contributed by atoms with Crippen molar-refractivity contribution in [3.8, 4) is 0 Å². The lowest BCUT2D eigenvalue weighted by atomic mass is 10.1. The summed E-state index contributed by atoms with van der Waals surface area (Å²) in [5.41, 5.74) is 8.93. The predicted octanol–water partition coefficient (Wildman–Crippen LogP) is 4.06. The molecule has 6 rings (SSSR count). The van der Waals surface area contributed by atoms with Gasteiger partial charge in [-0.05, 0) is 72.5 Å². The molecule has 0 spiro atoms. The number of benzene rings is 4. The molecular weight excluding hydrogens is 870 g/mol. The molecule has 0 bridgehead atoms. The van der Waals surface area contributed by atoms with E-state index in [2.05, 4.69) is 156 Å². The van der Waals surface area contributed by atoms with E-state index >= 15 is 0 Å². The normalized spacial score (nSPS) is 11.4. The van der Waals surface area contributed by atoms with E-state index < -0.39 is 0 Å². The van der Waals surface area contributed by atoms with Gasteiger partial charge in [0.25, 0.3) is 11.0 Å². The fraction of sp³-hybridized carbons (Fsp3) is 0.318. The summed E-state index contributed by atoms with van der Waals surface area (Å²) in [6, 6.07) is 33.9. The summed E-state index contributed by atoms with van der Waals surface area (Å²) in [5, 5.41) is 0. The summed E-state index contributed by atoms with van der Waals surface area (Å²) in [7, 11) is 8.26. The zero-order valence-corrected chi connectivity index (χ0v) is 35.3. The van der Waals surface area contributed by atoms with Crippen molar-refractivity contribution in [3.05, 3.63) is 120 Å². The molecule has 0 fully saturated rings. The minimum absolute atomic E-state index is 0. The number of hydrogen-bond donors (Lipinski definition) is 0. The third kappa shape index (κ3) is 10.9. The molecular formula is C44H52I2N4O2. The first-order chi connectivity index (χ1) is 24.5. The van der Waals surface area contributed by atoms with Crippen molar-refractivity contribution in [1.82, 2.24) is 0 Å². The van der Waals surface area contributed by atoms with E-state index in [0.717, 1.165) is 59.9 Å². The van der Waals surface area contributed by atoms with Gasteiger partial charge in [-0.25, -0.2) is 0 Å². The SMILES string of the molecule is CN(C)c1ccc(/C=C/c2oc3ccccc3[n+]2CCCCCCCCCC[n+]2c(/C=C/c3ccc(N(C)C)cc3)oc3ccccc32)cc1.[I-].[I-]. The molecule has 6 aromatic rings. The Bertz CT molecular complexity index is 1880. The van der Waals surface area contributed by atoms with Crippen LogP contribution >= 0.6 is 0 Å². The maximum Gasteiger partial charge on any atom is 0.374 e. The van der Waals surface area contributed by atoms with Gasteiger partial charge in [-0.1, -0.05) is 74.2 Å². The lowest BCUT2D eigenvalue weighted by Gasteiger charge is -2.11. The number of anilines is 2. The molecule has 0 unspecified atom stereocenters. The highest BCUT2D eigenvalue weighted by Crippen LogP contribution is 2.20. The Morgan fingerprint density at radius 3 is 1.15 bits per heavy atom. The Balaban J connectivity index is 0.00000302. The number of para-hydroxylation sites is 4. The molecule has 0 saturated heterocycles. The van der Waals surface area contributed by atoms with Crippen molar-refractivity contribution in [3.63, 3.8) is 0 Å². The van der Waals surface area contributed by atoms with Crippen LogP contribution in [0.5, 0.6) is 0 Å². The molecule has 0 aliphatic rings. The summed E-state index contributed by atoms with van der Waals surface area (Å²) in [6.07, 6.45) is 18.4. The van der Waals surface area contributed by atoms with Crippen molar-refractivity contribution >= 4 is 57.9 Å². The molecule has 2 heterocycles. The maximum atomic E-state index is 6.27. The van der Waals surface area contributed by atoms with E-state index in [1.54, 1.807) is 0 Å². The van der Waals surface area contributed by atoms with Crippen LogP contribution in [0, 0.1) is 0 Å². The molecule has 4 aromatic carbocycles. The summed E-state index contributed by atoms with van der Waals surface area (Å²) in [4.78, 5) is 4.23. The predicted molar refractivity (Wildman–Crippen MR) is 209 cm³/mol. The first-order valence-corrected chi connectivity index (χ1v) is 18.2. The first-order valence-electron chi connectivity index (χ1n) is 18.2. The molecule has 0 aliphatic heterocycles. The molecule has 6 nitrogen and oxygen atoms in total. The number of fused-ring (bicyclic) bond motifs is 2. The van der Waals surface area contributed by atoms with E-state index in [4.69, 9.17) is 8.83 Å². The minimum atomic E-state index is 0. The molecule has 0 N–H and O–H groups in total. The van der Waals surface area contributed by atoms with Crippen molar-refractivity contribution in [1.29, 1.82) is 0 Å². The second-order valence-corrected chi connectivity index (χ2v) is 13.6. The molecule has 0 atom stereocenters. The highest BCUT2D eigenvalue weighted by atomic mass is 127. The largest absolute Gasteiger partial charge is 1.00 e. The summed E-state index contributed by atoms with van der Waals surface area (Å²) >= 11 is 0. The lowest BCUT2D eigenvalue weighted by molar-refractivity contribution is -0.678. The van der Waals surface area contributed by atoms with Crippen LogP contribution in [0.2, 0.25) is 0 Å². The average molecular weight is 923 g/mol. The average Bonchev–Trinajstić information content (AvgIpc) is 3.68. The molecule has 8 heteroatoms. The van der Waals surface area contributed by atoms with Gasteiger partial charge in [0.15, 0.2) is 13.1 Å². The van der Waals surface area contributed by atoms with Gasteiger partial charge in [0.2, 0.25) is 11.2 Å². The number of aromatic nitrogens is 2. The third-order valence-corrected chi connectivity index (χ3v) is 9.44. The van der Waals surface area contributed by atoms with Gasteiger partial charge < -0.3 is 66.6 Å². The topological polar surface area (TPSA) is 40.5 Å². The Hall–Kier alpha value is -3.64. The van der Waals surface area contributed by atoms with E-state index in [0.29, 0.717) is 0 Å². The number of hydrogen-bond acceptors (Lipinski definition) is 4. The highest BCUT2D eigenvalue weighted by molar-refractivity contribution is 5.73. The van der Waals surface area contributed by atoms with Crippen LogP contribution in [0.15, 0.2) is 106 Å². The van der Waals surface area contributed by atoms with E-state index in [1.165, 1.54) is 61.0 Å². The number of oxazole rings is 2. The fourth-order valence-electron chi connectivity index (χ4n) is 6.52. The zero-order valence-electron chi connectivity index (χ0n) is 31.0. The number of aryl methyl sites for hydroxylation is 2. The van der Waals surface area contributed by atoms with E-state index in [9.17, 15) is 0 Å². The molecule has 52 heavy (non-hydrogen) atoms. The molecule has 0 saturated carbocycles. The van der Waals surface area contributed by atoms with Gasteiger partial charge >= 0.3 is 11.8 Å². The Kier molecular flexibility index (Phi) is 16.3. The van der Waals surface area contributed by atoms with E-state index in [1.807, 2.05) is 12.1 Å². The van der Waals surface area contributed by atoms with Gasteiger partial charge in [0, 0.05) is 64.5 Å². The Morgan fingerprint density at radius 1 is 0.442 bits per heavy atom. The summed E-state index contributed by atoms with van der Waals surface area (Å²) < 4.78 is 17.2. The van der Waals surface area contributed by atoms with Gasteiger partial charge in [-0.2, -0.15) is 9.13 Å². The Labute approximate surface area is 343 Å². The van der Waals surface area contributed by atoms with Crippen LogP contribution in [0.3, 0.4) is 0 Å². The van der Waals surface area contributed by atoms with Crippen LogP contribution in [0.25, 0.3) is 46.5 Å². The van der Waals surface area contributed by atoms with Crippen molar-refractivity contribution in [2.45, 2.75) is 64.5 Å². The van der Waals surface area contributed by atoms with Crippen molar-refractivity contribution in [2.75, 3.05) is 38.0 Å². The van der Waals surface area contributed by atoms with Crippen LogP contribution in [0.4, 0.5) is 11.4 Å². The van der Waals surface area contributed by atoms with Crippen LogP contribution in [-0.2, 0) is 13.1 Å². The van der Waals surface area contributed by atoms with Crippen LogP contribution < -0.4 is 66.9 Å². The van der Waals surface area contributed by atoms with Crippen molar-refractivity contribution < 1.29 is 65.9 Å². The lowest BCUT2D eigenvalue weighted by Crippen LogP contribution is -3.00. The number of halogens is 2. The first kappa shape index (κ1) is 41.1. The standard InChI is InChI=1S/C44H52N4O2.2HI/c1-45(2)37-27-21-35(22-28-37)25-31-43-47(39-17-11-13-19-41(39)49-43)33-15-9-7-5-6-8-10-16-34-48-40-18-12-14-20-42(40)50-44(48)32-26-36-23-29-38(30-24-36)46(3)4;;/h11-14,17-32H,5-10,15-16,33-34H2,1-4H3;2*1H/q+2;;/p-2. The summed E-state index contributed by atoms with van der Waals surface area (Å²) in [5.74, 6) is 1.81. The van der Waals surface area contributed by atoms with Crippen LogP contribution in [0.1, 0.15) is 74.3 Å². The highest BCUT2D eigenvalue weighted by Gasteiger charge is 2.21. The quantitative estimate of drug-likeness (QED) is 0.0788. The Morgan fingerprint density at radius 2 is 0.788 bits per heavy atom. The number of unbranched alkanes of at least 4 members (excludes halogenated alkanes) is 7. The summed E-state index contributed by atoms with van der Waals surface area (Å²) in [6.45, 7) is 1.93. The third-order valence-electron chi connectivity index (χ3n) is 9.44. The zero-order chi connectivity index (χ0) is 34.7. The minimum Gasteiger partial charge on any atom is -1.00 e. The second kappa shape index (κ2) is 20.6. The molecule has 2 aromatic heterocycles. The molecule has 274 valence electrons. The van der Waals surface area contributed by atoms with Crippen molar-refractivity contribution in [2.24, 2.45) is 0 Å². The van der Waals surface area contributed by atoms with Crippen LogP contribution in [-0.4, -0.2) is 28.2 Å². The second-order valence-electron chi connectivity index (χ2n) is 13.6. The molecule has 0 radical (unpaired) electrons. The molecule has 0 aliphatic carbocycles. The maximum absolute atomic E-state index is 6.27. The number of rotatable bonds is 17. The van der Waals surface area contributed by atoms with E-state index in [-0.39, 0.29) is 48.0 Å². The van der Waals surface area contributed by atoms with Gasteiger partial charge in [-0.3, -0.25) is 0 Å². The smallest absolute Gasteiger partial charge is 0.374 e.